The van der Waals surface area contributed by atoms with Crippen molar-refractivity contribution < 1.29 is 20.1 Å². The van der Waals surface area contributed by atoms with Crippen molar-refractivity contribution in [1.29, 1.82) is 0 Å². The van der Waals surface area contributed by atoms with Crippen molar-refractivity contribution in [3.05, 3.63) is 28.8 Å². The average Bonchev–Trinajstić information content (AvgIpc) is 2.21. The molecule has 0 aliphatic carbocycles. The lowest BCUT2D eigenvalue weighted by Gasteiger charge is -2.16. The predicted molar refractivity (Wildman–Crippen MR) is 58.4 cm³/mol. The van der Waals surface area contributed by atoms with Gasteiger partial charge >= 0.3 is 5.97 Å². The summed E-state index contributed by atoms with van der Waals surface area (Å²) in [6.45, 7) is 1.50. The monoisotopic (exact) mass is 225 g/mol. The van der Waals surface area contributed by atoms with Gasteiger partial charge < -0.3 is 21.1 Å². The van der Waals surface area contributed by atoms with E-state index in [1.807, 2.05) is 0 Å². The van der Waals surface area contributed by atoms with Crippen LogP contribution < -0.4 is 5.73 Å². The molecule has 0 fully saturated rings. The van der Waals surface area contributed by atoms with E-state index in [1.165, 1.54) is 12.1 Å². The Bertz CT molecular complexity index is 403. The highest BCUT2D eigenvalue weighted by atomic mass is 16.4. The summed E-state index contributed by atoms with van der Waals surface area (Å²) in [7, 11) is 0. The summed E-state index contributed by atoms with van der Waals surface area (Å²) in [4.78, 5) is 11.0. The topological polar surface area (TPSA) is 104 Å². The summed E-state index contributed by atoms with van der Waals surface area (Å²) < 4.78 is 0. The highest BCUT2D eigenvalue weighted by Gasteiger charge is 2.20. The van der Waals surface area contributed by atoms with Crippen molar-refractivity contribution in [2.24, 2.45) is 5.73 Å². The highest BCUT2D eigenvalue weighted by molar-refractivity contribution is 5.90. The number of carbonyl (C=O) groups is 1. The third-order valence-corrected chi connectivity index (χ3v) is 2.46. The van der Waals surface area contributed by atoms with Gasteiger partial charge in [-0.15, -0.1) is 0 Å². The number of carboxylic acids is 1. The van der Waals surface area contributed by atoms with Gasteiger partial charge in [0.2, 0.25) is 0 Å². The predicted octanol–water partition coefficient (Wildman–Crippen LogP) is 0.781. The minimum Gasteiger partial charge on any atom is -0.507 e. The van der Waals surface area contributed by atoms with Crippen LogP contribution in [0.1, 0.15) is 33.9 Å². The second-order valence-corrected chi connectivity index (χ2v) is 3.62. The van der Waals surface area contributed by atoms with Crippen LogP contribution in [0.4, 0.5) is 0 Å². The van der Waals surface area contributed by atoms with Crippen molar-refractivity contribution in [1.82, 2.24) is 0 Å². The number of rotatable bonds is 4. The fourth-order valence-corrected chi connectivity index (χ4v) is 1.56. The normalized spacial score (nSPS) is 12.4. The number of aromatic hydroxyl groups is 1. The van der Waals surface area contributed by atoms with Crippen LogP contribution in [-0.2, 0) is 0 Å². The third kappa shape index (κ3) is 2.32. The number of hydrogen-bond donors (Lipinski definition) is 4. The fourth-order valence-electron chi connectivity index (χ4n) is 1.56. The van der Waals surface area contributed by atoms with E-state index in [4.69, 9.17) is 15.9 Å². The van der Waals surface area contributed by atoms with Gasteiger partial charge in [-0.25, -0.2) is 4.79 Å². The largest absolute Gasteiger partial charge is 0.507 e. The lowest BCUT2D eigenvalue weighted by atomic mass is 9.95. The SMILES string of the molecule is Cc1ccc(C(=O)O)c([C@@H](N)CCO)c1O. The minimum absolute atomic E-state index is 0.0240. The van der Waals surface area contributed by atoms with Crippen LogP contribution in [-0.4, -0.2) is 27.9 Å². The van der Waals surface area contributed by atoms with E-state index in [-0.39, 0.29) is 29.9 Å². The second-order valence-electron chi connectivity index (χ2n) is 3.62. The molecule has 1 aromatic rings. The third-order valence-electron chi connectivity index (χ3n) is 2.46. The van der Waals surface area contributed by atoms with Gasteiger partial charge in [-0.2, -0.15) is 0 Å². The number of phenols is 1. The Morgan fingerprint density at radius 1 is 1.50 bits per heavy atom. The molecule has 5 N–H and O–H groups in total. The van der Waals surface area contributed by atoms with Gasteiger partial charge in [0.15, 0.2) is 0 Å². The quantitative estimate of drug-likeness (QED) is 0.606. The van der Waals surface area contributed by atoms with Crippen molar-refractivity contribution in [3.8, 4) is 5.75 Å². The molecule has 0 aromatic heterocycles. The summed E-state index contributed by atoms with van der Waals surface area (Å²) in [6.07, 6.45) is 0.206. The maximum Gasteiger partial charge on any atom is 0.336 e. The molecule has 0 unspecified atom stereocenters. The Morgan fingerprint density at radius 2 is 2.12 bits per heavy atom. The molecule has 0 aliphatic rings. The number of hydrogen-bond acceptors (Lipinski definition) is 4. The fraction of sp³-hybridized carbons (Fsp3) is 0.364. The van der Waals surface area contributed by atoms with Gasteiger partial charge in [-0.05, 0) is 25.0 Å². The number of aliphatic hydroxyl groups is 1. The van der Waals surface area contributed by atoms with E-state index in [0.29, 0.717) is 5.56 Å². The number of aromatic carboxylic acids is 1. The Kier molecular flexibility index (Phi) is 3.87. The van der Waals surface area contributed by atoms with Crippen LogP contribution in [0.2, 0.25) is 0 Å². The minimum atomic E-state index is -1.14. The number of aliphatic hydroxyl groups excluding tert-OH is 1. The number of phenolic OH excluding ortho intramolecular Hbond substituents is 1. The second kappa shape index (κ2) is 4.96. The van der Waals surface area contributed by atoms with Crippen LogP contribution >= 0.6 is 0 Å². The Labute approximate surface area is 93.1 Å². The van der Waals surface area contributed by atoms with Crippen LogP contribution in [0.25, 0.3) is 0 Å². The molecule has 0 saturated carbocycles. The first-order valence-corrected chi connectivity index (χ1v) is 4.91. The van der Waals surface area contributed by atoms with Crippen molar-refractivity contribution in [3.63, 3.8) is 0 Å². The van der Waals surface area contributed by atoms with E-state index in [9.17, 15) is 9.90 Å². The molecule has 1 rings (SSSR count). The molecule has 1 aromatic carbocycles. The zero-order valence-corrected chi connectivity index (χ0v) is 8.97. The summed E-state index contributed by atoms with van der Waals surface area (Å²) in [5.41, 5.74) is 6.45. The van der Waals surface area contributed by atoms with Gasteiger partial charge in [-0.3, -0.25) is 0 Å². The molecule has 0 amide bonds. The molecule has 0 aliphatic heterocycles. The lowest BCUT2D eigenvalue weighted by Crippen LogP contribution is -2.17. The van der Waals surface area contributed by atoms with Crippen molar-refractivity contribution in [2.75, 3.05) is 6.61 Å². The van der Waals surface area contributed by atoms with Crippen LogP contribution in [0, 0.1) is 6.92 Å². The molecule has 5 nitrogen and oxygen atoms in total. The van der Waals surface area contributed by atoms with Crippen molar-refractivity contribution in [2.45, 2.75) is 19.4 Å². The zero-order chi connectivity index (χ0) is 12.3. The molecule has 88 valence electrons. The maximum atomic E-state index is 11.0. The number of benzene rings is 1. The zero-order valence-electron chi connectivity index (χ0n) is 8.97. The molecule has 16 heavy (non-hydrogen) atoms. The van der Waals surface area contributed by atoms with E-state index >= 15 is 0 Å². The van der Waals surface area contributed by atoms with Gasteiger partial charge in [-0.1, -0.05) is 6.07 Å². The van der Waals surface area contributed by atoms with Crippen LogP contribution in [0.15, 0.2) is 12.1 Å². The number of aryl methyl sites for hydroxylation is 1. The molecule has 0 heterocycles. The van der Waals surface area contributed by atoms with E-state index < -0.39 is 12.0 Å². The van der Waals surface area contributed by atoms with Crippen molar-refractivity contribution >= 4 is 5.97 Å². The number of nitrogens with two attached hydrogens (primary N) is 1. The summed E-state index contributed by atoms with van der Waals surface area (Å²) in [6, 6.07) is 2.24. The summed E-state index contributed by atoms with van der Waals surface area (Å²) >= 11 is 0. The number of carboxylic acid groups (broad SMARTS) is 1. The first-order valence-electron chi connectivity index (χ1n) is 4.91. The Morgan fingerprint density at radius 3 is 2.62 bits per heavy atom. The smallest absolute Gasteiger partial charge is 0.336 e. The lowest BCUT2D eigenvalue weighted by molar-refractivity contribution is 0.0694. The Hall–Kier alpha value is -1.59. The molecule has 0 radical (unpaired) electrons. The first-order chi connectivity index (χ1) is 7.49. The molecule has 5 heteroatoms. The van der Waals surface area contributed by atoms with Crippen LogP contribution in [0.5, 0.6) is 5.75 Å². The van der Waals surface area contributed by atoms with Gasteiger partial charge in [0.1, 0.15) is 5.75 Å². The standard InChI is InChI=1S/C11H15NO4/c1-6-2-3-7(11(15)16)9(10(6)14)8(12)4-5-13/h2-3,8,13-14H,4-5,12H2,1H3,(H,15,16)/t8-/m0/s1. The summed E-state index contributed by atoms with van der Waals surface area (Å²) in [5.74, 6) is -1.25. The van der Waals surface area contributed by atoms with Crippen LogP contribution in [0.3, 0.4) is 0 Å². The maximum absolute atomic E-state index is 11.0. The van der Waals surface area contributed by atoms with Gasteiger partial charge in [0.05, 0.1) is 5.56 Å². The summed E-state index contributed by atoms with van der Waals surface area (Å²) in [5, 5.41) is 27.5. The molecule has 0 spiro atoms. The molecule has 0 bridgehead atoms. The van der Waals surface area contributed by atoms with Gasteiger partial charge in [0, 0.05) is 18.2 Å². The first kappa shape index (κ1) is 12.5. The van der Waals surface area contributed by atoms with E-state index in [1.54, 1.807) is 6.92 Å². The Balaban J connectivity index is 3.31. The molecular formula is C11H15NO4. The van der Waals surface area contributed by atoms with E-state index in [0.717, 1.165) is 0 Å². The van der Waals surface area contributed by atoms with E-state index in [2.05, 4.69) is 0 Å². The van der Waals surface area contributed by atoms with Gasteiger partial charge in [0.25, 0.3) is 0 Å². The average molecular weight is 225 g/mol. The molecule has 1 atom stereocenters. The molecule has 0 saturated heterocycles. The highest BCUT2D eigenvalue weighted by Crippen LogP contribution is 2.31. The molecular weight excluding hydrogens is 210 g/mol.